The summed E-state index contributed by atoms with van der Waals surface area (Å²) in [6.07, 6.45) is 0. The van der Waals surface area contributed by atoms with Crippen LogP contribution in [0.3, 0.4) is 0 Å². The second kappa shape index (κ2) is 7.35. The van der Waals surface area contributed by atoms with E-state index in [1.165, 1.54) is 18.2 Å². The van der Waals surface area contributed by atoms with E-state index in [4.69, 9.17) is 11.6 Å². The molecule has 2 aromatic rings. The lowest BCUT2D eigenvalue weighted by Crippen LogP contribution is -2.20. The van der Waals surface area contributed by atoms with Crippen LogP contribution in [0.5, 0.6) is 0 Å². The highest BCUT2D eigenvalue weighted by Gasteiger charge is 2.31. The zero-order valence-electron chi connectivity index (χ0n) is 11.1. The number of hydrogen-bond acceptors (Lipinski definition) is 3. The van der Waals surface area contributed by atoms with E-state index in [1.54, 1.807) is 24.3 Å². The summed E-state index contributed by atoms with van der Waals surface area (Å²) < 4.78 is 0. The van der Waals surface area contributed by atoms with Crippen molar-refractivity contribution < 1.29 is 9.72 Å². The maximum absolute atomic E-state index is 12.6. The summed E-state index contributed by atoms with van der Waals surface area (Å²) in [5.74, 6) is -0.380. The number of ketones is 1. The largest absolute Gasteiger partial charge is 0.293 e. The van der Waals surface area contributed by atoms with Crippen LogP contribution in [0.25, 0.3) is 0 Å². The number of rotatable bonds is 5. The summed E-state index contributed by atoms with van der Waals surface area (Å²) in [6, 6.07) is 13.0. The number of halogens is 3. The highest BCUT2D eigenvalue weighted by Crippen LogP contribution is 2.37. The van der Waals surface area contributed by atoms with Crippen molar-refractivity contribution >= 4 is 54.9 Å². The number of carbonyl (C=O) groups is 1. The van der Waals surface area contributed by atoms with Gasteiger partial charge in [0.15, 0.2) is 5.78 Å². The molecular formula is C15H10Br2ClNO3. The summed E-state index contributed by atoms with van der Waals surface area (Å²) in [4.78, 5) is 22.0. The van der Waals surface area contributed by atoms with Gasteiger partial charge in [0.25, 0.3) is 5.69 Å². The van der Waals surface area contributed by atoms with Crippen LogP contribution in [0.4, 0.5) is 5.69 Å². The van der Waals surface area contributed by atoms with Crippen LogP contribution in [0, 0.1) is 10.1 Å². The first-order valence-electron chi connectivity index (χ1n) is 6.23. The average molecular weight is 448 g/mol. The van der Waals surface area contributed by atoms with E-state index < -0.39 is 14.6 Å². The number of benzene rings is 2. The molecule has 0 spiro atoms. The molecule has 0 saturated heterocycles. The molecule has 0 amide bonds. The number of Topliss-reactive ketones (excluding diaryl/α,β-unsaturated/α-hetero) is 1. The fourth-order valence-electron chi connectivity index (χ4n) is 1.98. The Morgan fingerprint density at radius 1 is 1.09 bits per heavy atom. The van der Waals surface area contributed by atoms with E-state index in [0.717, 1.165) is 5.56 Å². The maximum atomic E-state index is 12.6. The summed E-state index contributed by atoms with van der Waals surface area (Å²) in [5.41, 5.74) is 0.583. The summed E-state index contributed by atoms with van der Waals surface area (Å²) in [7, 11) is 0. The Balaban J connectivity index is 2.34. The Morgan fingerprint density at radius 2 is 1.68 bits per heavy atom. The number of nitro groups is 1. The Labute approximate surface area is 148 Å². The fourth-order valence-corrected chi connectivity index (χ4v) is 3.53. The first-order chi connectivity index (χ1) is 10.4. The number of nitrogens with zero attached hydrogens (tertiary/aromatic N) is 1. The number of para-hydroxylation sites is 1. The Kier molecular flexibility index (Phi) is 5.72. The van der Waals surface area contributed by atoms with Gasteiger partial charge in [0.1, 0.15) is 0 Å². The second-order valence-corrected chi connectivity index (χ2v) is 6.84. The number of alkyl halides is 2. The second-order valence-electron chi connectivity index (χ2n) is 4.46. The van der Waals surface area contributed by atoms with E-state index in [-0.39, 0.29) is 17.0 Å². The zero-order valence-corrected chi connectivity index (χ0v) is 15.0. The van der Waals surface area contributed by atoms with Gasteiger partial charge in [-0.15, -0.1) is 0 Å². The molecule has 0 saturated carbocycles. The Bertz CT molecular complexity index is 723. The van der Waals surface area contributed by atoms with Crippen molar-refractivity contribution in [3.05, 3.63) is 74.8 Å². The van der Waals surface area contributed by atoms with E-state index in [0.29, 0.717) is 5.02 Å². The van der Waals surface area contributed by atoms with Crippen LogP contribution in [-0.4, -0.2) is 15.5 Å². The standard InChI is InChI=1S/C15H10Br2ClNO3/c16-13(9-5-1-3-7-11(9)18)14(17)15(20)10-6-2-4-8-12(10)19(21)22/h1-8,13-14H/t13-,14-/m0/s1. The van der Waals surface area contributed by atoms with E-state index in [9.17, 15) is 14.9 Å². The molecule has 2 atom stereocenters. The molecular weight excluding hydrogens is 437 g/mol. The molecule has 7 heteroatoms. The third-order valence-corrected chi connectivity index (χ3v) is 6.10. The highest BCUT2D eigenvalue weighted by atomic mass is 79.9. The third kappa shape index (κ3) is 3.56. The monoisotopic (exact) mass is 445 g/mol. The topological polar surface area (TPSA) is 60.2 Å². The van der Waals surface area contributed by atoms with E-state index in [1.807, 2.05) is 6.07 Å². The molecule has 0 heterocycles. The molecule has 0 radical (unpaired) electrons. The minimum Gasteiger partial charge on any atom is -0.293 e. The zero-order chi connectivity index (χ0) is 16.3. The Morgan fingerprint density at radius 3 is 2.32 bits per heavy atom. The summed E-state index contributed by atoms with van der Waals surface area (Å²) in [5, 5.41) is 11.6. The quantitative estimate of drug-likeness (QED) is 0.269. The van der Waals surface area contributed by atoms with Gasteiger partial charge in [0.2, 0.25) is 0 Å². The van der Waals surface area contributed by atoms with E-state index >= 15 is 0 Å². The van der Waals surface area contributed by atoms with Crippen molar-refractivity contribution in [3.8, 4) is 0 Å². The smallest absolute Gasteiger partial charge is 0.280 e. The molecule has 114 valence electrons. The van der Waals surface area contributed by atoms with Gasteiger partial charge in [-0.1, -0.05) is 73.8 Å². The van der Waals surface area contributed by atoms with Crippen molar-refractivity contribution in [2.24, 2.45) is 0 Å². The lowest BCUT2D eigenvalue weighted by atomic mass is 10.0. The molecule has 0 aliphatic carbocycles. The lowest BCUT2D eigenvalue weighted by molar-refractivity contribution is -0.385. The minimum absolute atomic E-state index is 0.0610. The van der Waals surface area contributed by atoms with Gasteiger partial charge in [-0.2, -0.15) is 0 Å². The molecule has 2 rings (SSSR count). The van der Waals surface area contributed by atoms with Gasteiger partial charge in [-0.25, -0.2) is 0 Å². The molecule has 0 bridgehead atoms. The van der Waals surface area contributed by atoms with Crippen LogP contribution in [0.15, 0.2) is 48.5 Å². The van der Waals surface area contributed by atoms with Crippen molar-refractivity contribution in [2.45, 2.75) is 9.65 Å². The van der Waals surface area contributed by atoms with Gasteiger partial charge in [0, 0.05) is 11.1 Å². The van der Waals surface area contributed by atoms with Crippen molar-refractivity contribution in [3.63, 3.8) is 0 Å². The predicted molar refractivity (Wildman–Crippen MR) is 93.3 cm³/mol. The average Bonchev–Trinajstić information content (AvgIpc) is 2.53. The molecule has 0 aliphatic rings. The van der Waals surface area contributed by atoms with Crippen molar-refractivity contribution in [2.75, 3.05) is 0 Å². The molecule has 22 heavy (non-hydrogen) atoms. The third-order valence-electron chi connectivity index (χ3n) is 3.08. The minimum atomic E-state index is -0.687. The first kappa shape index (κ1) is 17.1. The molecule has 0 fully saturated rings. The van der Waals surface area contributed by atoms with Gasteiger partial charge < -0.3 is 0 Å². The van der Waals surface area contributed by atoms with Crippen LogP contribution in [0.2, 0.25) is 5.02 Å². The molecule has 4 nitrogen and oxygen atoms in total. The van der Waals surface area contributed by atoms with Crippen LogP contribution in [-0.2, 0) is 0 Å². The molecule has 0 unspecified atom stereocenters. The van der Waals surface area contributed by atoms with Crippen molar-refractivity contribution in [1.82, 2.24) is 0 Å². The van der Waals surface area contributed by atoms with Crippen LogP contribution < -0.4 is 0 Å². The van der Waals surface area contributed by atoms with Gasteiger partial charge in [-0.05, 0) is 17.7 Å². The molecule has 2 aromatic carbocycles. The summed E-state index contributed by atoms with van der Waals surface area (Å²) >= 11 is 12.9. The molecule has 0 aliphatic heterocycles. The SMILES string of the molecule is O=C(c1ccccc1[N+](=O)[O-])[C@@H](Br)[C@@H](Br)c1ccccc1Cl. The van der Waals surface area contributed by atoms with Crippen LogP contribution in [0.1, 0.15) is 20.7 Å². The van der Waals surface area contributed by atoms with Crippen molar-refractivity contribution in [1.29, 1.82) is 0 Å². The summed E-state index contributed by atoms with van der Waals surface area (Å²) in [6.45, 7) is 0. The lowest BCUT2D eigenvalue weighted by Gasteiger charge is -2.17. The number of hydrogen-bond donors (Lipinski definition) is 0. The molecule has 0 aromatic heterocycles. The normalized spacial score (nSPS) is 13.4. The van der Waals surface area contributed by atoms with Gasteiger partial charge >= 0.3 is 0 Å². The maximum Gasteiger partial charge on any atom is 0.280 e. The predicted octanol–water partition coefficient (Wildman–Crippen LogP) is 5.33. The fraction of sp³-hybridized carbons (Fsp3) is 0.133. The molecule has 0 N–H and O–H groups in total. The van der Waals surface area contributed by atoms with E-state index in [2.05, 4.69) is 31.9 Å². The first-order valence-corrected chi connectivity index (χ1v) is 8.44. The Hall–Kier alpha value is -1.24. The highest BCUT2D eigenvalue weighted by molar-refractivity contribution is 9.12. The van der Waals surface area contributed by atoms with Crippen LogP contribution >= 0.6 is 43.5 Å². The number of carbonyl (C=O) groups excluding carboxylic acids is 1. The van der Waals surface area contributed by atoms with Gasteiger partial charge in [0.05, 0.1) is 20.1 Å². The number of nitro benzene ring substituents is 1. The van der Waals surface area contributed by atoms with Gasteiger partial charge in [-0.3, -0.25) is 14.9 Å².